The van der Waals surface area contributed by atoms with Gasteiger partial charge in [0.25, 0.3) is 0 Å². The molecule has 7 nitrogen and oxygen atoms in total. The molecule has 1 aromatic carbocycles. The Hall–Kier alpha value is -2.26. The SMILES string of the molecule is CCc1nc(NC(=O)C2CC(=O)N(c3n[nH]c4cc(Br)ccc34)C2)sc1C. The predicted molar refractivity (Wildman–Crippen MR) is 109 cm³/mol. The number of thiazole rings is 1. The summed E-state index contributed by atoms with van der Waals surface area (Å²) < 4.78 is 0.931. The highest BCUT2D eigenvalue weighted by molar-refractivity contribution is 9.10. The maximum absolute atomic E-state index is 12.6. The molecule has 3 heterocycles. The van der Waals surface area contributed by atoms with Crippen LogP contribution in [0.1, 0.15) is 23.9 Å². The molecule has 27 heavy (non-hydrogen) atoms. The third-order valence-electron chi connectivity index (χ3n) is 4.71. The molecule has 1 saturated heterocycles. The van der Waals surface area contributed by atoms with Crippen molar-refractivity contribution in [3.05, 3.63) is 33.2 Å². The summed E-state index contributed by atoms with van der Waals surface area (Å²) in [6.45, 7) is 4.34. The summed E-state index contributed by atoms with van der Waals surface area (Å²) >= 11 is 4.89. The summed E-state index contributed by atoms with van der Waals surface area (Å²) in [5.74, 6) is -0.133. The molecule has 0 radical (unpaired) electrons. The van der Waals surface area contributed by atoms with Crippen LogP contribution < -0.4 is 10.2 Å². The monoisotopic (exact) mass is 447 g/mol. The smallest absolute Gasteiger partial charge is 0.231 e. The highest BCUT2D eigenvalue weighted by Crippen LogP contribution is 2.32. The molecule has 9 heteroatoms. The van der Waals surface area contributed by atoms with Gasteiger partial charge in [-0.05, 0) is 31.5 Å². The number of rotatable bonds is 4. The van der Waals surface area contributed by atoms with Crippen LogP contribution in [0.25, 0.3) is 10.9 Å². The molecule has 3 aromatic rings. The van der Waals surface area contributed by atoms with Gasteiger partial charge < -0.3 is 5.32 Å². The van der Waals surface area contributed by atoms with Crippen LogP contribution in [0, 0.1) is 12.8 Å². The number of nitrogens with zero attached hydrogens (tertiary/aromatic N) is 3. The summed E-state index contributed by atoms with van der Waals surface area (Å²) in [7, 11) is 0. The van der Waals surface area contributed by atoms with Gasteiger partial charge in [0, 0.05) is 27.7 Å². The van der Waals surface area contributed by atoms with Gasteiger partial charge in [-0.3, -0.25) is 19.6 Å². The van der Waals surface area contributed by atoms with Gasteiger partial charge in [0.15, 0.2) is 10.9 Å². The Morgan fingerprint density at radius 2 is 2.30 bits per heavy atom. The standard InChI is InChI=1S/C18H18BrN5O2S/c1-3-13-9(2)27-18(20-13)21-17(26)10-6-15(25)24(8-10)16-12-5-4-11(19)7-14(12)22-23-16/h4-5,7,10H,3,6,8H2,1-2H3,(H,22,23)(H,20,21,26). The van der Waals surface area contributed by atoms with Crippen LogP contribution in [0.2, 0.25) is 0 Å². The lowest BCUT2D eigenvalue weighted by Gasteiger charge is -2.14. The zero-order valence-electron chi connectivity index (χ0n) is 14.9. The molecule has 0 spiro atoms. The average molecular weight is 448 g/mol. The van der Waals surface area contributed by atoms with E-state index in [0.29, 0.717) is 17.5 Å². The molecule has 0 bridgehead atoms. The third kappa shape index (κ3) is 3.37. The molecular formula is C18H18BrN5O2S. The van der Waals surface area contributed by atoms with E-state index in [1.807, 2.05) is 32.0 Å². The Morgan fingerprint density at radius 3 is 3.04 bits per heavy atom. The molecule has 2 aromatic heterocycles. The molecule has 0 saturated carbocycles. The van der Waals surface area contributed by atoms with Gasteiger partial charge in [-0.15, -0.1) is 11.3 Å². The lowest BCUT2D eigenvalue weighted by molar-refractivity contribution is -0.122. The zero-order valence-corrected chi connectivity index (χ0v) is 17.3. The lowest BCUT2D eigenvalue weighted by Crippen LogP contribution is -2.28. The number of nitrogens with one attached hydrogen (secondary N) is 2. The van der Waals surface area contributed by atoms with Gasteiger partial charge in [-0.1, -0.05) is 22.9 Å². The fraction of sp³-hybridized carbons (Fsp3) is 0.333. The number of amides is 2. The fourth-order valence-corrected chi connectivity index (χ4v) is 4.55. The third-order valence-corrected chi connectivity index (χ3v) is 6.14. The van der Waals surface area contributed by atoms with Gasteiger partial charge in [0.2, 0.25) is 11.8 Å². The van der Waals surface area contributed by atoms with Crippen molar-refractivity contribution in [3.63, 3.8) is 0 Å². The minimum absolute atomic E-state index is 0.101. The minimum atomic E-state index is -0.422. The molecule has 140 valence electrons. The van der Waals surface area contributed by atoms with Crippen LogP contribution in [0.3, 0.4) is 0 Å². The Bertz CT molecular complexity index is 1040. The maximum Gasteiger partial charge on any atom is 0.231 e. The minimum Gasteiger partial charge on any atom is -0.302 e. The number of carbonyl (C=O) groups excluding carboxylic acids is 2. The van der Waals surface area contributed by atoms with E-state index in [0.717, 1.165) is 32.4 Å². The number of hydrogen-bond donors (Lipinski definition) is 2. The van der Waals surface area contributed by atoms with Crippen LogP contribution in [0.5, 0.6) is 0 Å². The number of hydrogen-bond acceptors (Lipinski definition) is 5. The van der Waals surface area contributed by atoms with Gasteiger partial charge in [-0.2, -0.15) is 5.10 Å². The number of carbonyl (C=O) groups is 2. The van der Waals surface area contributed by atoms with Crippen LogP contribution in [0.4, 0.5) is 10.9 Å². The van der Waals surface area contributed by atoms with E-state index in [1.54, 1.807) is 4.90 Å². The molecule has 2 N–H and O–H groups in total. The Morgan fingerprint density at radius 1 is 1.48 bits per heavy atom. The molecule has 4 rings (SSSR count). The highest BCUT2D eigenvalue weighted by Gasteiger charge is 2.37. The second-order valence-corrected chi connectivity index (χ2v) is 8.63. The number of benzene rings is 1. The van der Waals surface area contributed by atoms with Crippen molar-refractivity contribution in [2.24, 2.45) is 5.92 Å². The number of aromatic nitrogens is 3. The van der Waals surface area contributed by atoms with Crippen LogP contribution in [-0.2, 0) is 16.0 Å². The molecular weight excluding hydrogens is 430 g/mol. The number of aryl methyl sites for hydroxylation is 2. The highest BCUT2D eigenvalue weighted by atomic mass is 79.9. The molecule has 1 fully saturated rings. The number of aromatic amines is 1. The number of halogens is 1. The van der Waals surface area contributed by atoms with Gasteiger partial charge in [0.05, 0.1) is 17.1 Å². The topological polar surface area (TPSA) is 91.0 Å². The number of H-pyrrole nitrogens is 1. The molecule has 0 aliphatic carbocycles. The zero-order chi connectivity index (χ0) is 19.1. The quantitative estimate of drug-likeness (QED) is 0.638. The first-order valence-electron chi connectivity index (χ1n) is 8.67. The first-order chi connectivity index (χ1) is 13.0. The summed E-state index contributed by atoms with van der Waals surface area (Å²) in [6, 6.07) is 5.72. The number of fused-ring (bicyclic) bond motifs is 1. The van der Waals surface area contributed by atoms with Crippen molar-refractivity contribution >= 4 is 60.9 Å². The average Bonchev–Trinajstić information content (AvgIpc) is 3.31. The van der Waals surface area contributed by atoms with Gasteiger partial charge in [0.1, 0.15) is 0 Å². The van der Waals surface area contributed by atoms with Crippen LogP contribution in [-0.4, -0.2) is 33.5 Å². The predicted octanol–water partition coefficient (Wildman–Crippen LogP) is 3.64. The molecule has 1 aliphatic heterocycles. The Kier molecular flexibility index (Phi) is 4.73. The number of anilines is 2. The fourth-order valence-electron chi connectivity index (χ4n) is 3.29. The van der Waals surface area contributed by atoms with E-state index in [-0.39, 0.29) is 18.2 Å². The van der Waals surface area contributed by atoms with Crippen molar-refractivity contribution in [1.29, 1.82) is 0 Å². The molecule has 2 amide bonds. The first kappa shape index (κ1) is 18.1. The van der Waals surface area contributed by atoms with Crippen molar-refractivity contribution in [3.8, 4) is 0 Å². The summed E-state index contributed by atoms with van der Waals surface area (Å²) in [5, 5.41) is 11.5. The van der Waals surface area contributed by atoms with Crippen LogP contribution >= 0.6 is 27.3 Å². The van der Waals surface area contributed by atoms with E-state index in [4.69, 9.17) is 0 Å². The van der Waals surface area contributed by atoms with E-state index in [1.165, 1.54) is 11.3 Å². The van der Waals surface area contributed by atoms with E-state index in [2.05, 4.69) is 36.4 Å². The first-order valence-corrected chi connectivity index (χ1v) is 10.3. The van der Waals surface area contributed by atoms with Crippen molar-refractivity contribution in [2.75, 3.05) is 16.8 Å². The van der Waals surface area contributed by atoms with E-state index < -0.39 is 5.92 Å². The molecule has 1 unspecified atom stereocenters. The second kappa shape index (κ2) is 7.05. The molecule has 1 atom stereocenters. The van der Waals surface area contributed by atoms with Gasteiger partial charge in [-0.25, -0.2) is 4.98 Å². The van der Waals surface area contributed by atoms with Crippen molar-refractivity contribution < 1.29 is 9.59 Å². The van der Waals surface area contributed by atoms with E-state index in [9.17, 15) is 9.59 Å². The normalized spacial score (nSPS) is 17.1. The lowest BCUT2D eigenvalue weighted by atomic mass is 10.1. The largest absolute Gasteiger partial charge is 0.302 e. The van der Waals surface area contributed by atoms with E-state index >= 15 is 0 Å². The maximum atomic E-state index is 12.6. The van der Waals surface area contributed by atoms with Crippen molar-refractivity contribution in [2.45, 2.75) is 26.7 Å². The summed E-state index contributed by atoms with van der Waals surface area (Å²) in [5.41, 5.74) is 1.83. The molecule has 1 aliphatic rings. The summed E-state index contributed by atoms with van der Waals surface area (Å²) in [4.78, 5) is 32.3. The van der Waals surface area contributed by atoms with Gasteiger partial charge >= 0.3 is 0 Å². The second-order valence-electron chi connectivity index (χ2n) is 6.51. The Balaban J connectivity index is 1.51. The van der Waals surface area contributed by atoms with Crippen LogP contribution in [0.15, 0.2) is 22.7 Å². The Labute approximate surface area is 168 Å². The summed E-state index contributed by atoms with van der Waals surface area (Å²) in [6.07, 6.45) is 0.998. The van der Waals surface area contributed by atoms with Crippen molar-refractivity contribution in [1.82, 2.24) is 15.2 Å².